The number of aromatic nitrogens is 5. The summed E-state index contributed by atoms with van der Waals surface area (Å²) in [5.41, 5.74) is 1.15. The highest BCUT2D eigenvalue weighted by atomic mass is 35.5. The lowest BCUT2D eigenvalue weighted by molar-refractivity contribution is -0.126. The van der Waals surface area contributed by atoms with Crippen LogP contribution in [0.4, 0.5) is 5.82 Å². The first-order valence-corrected chi connectivity index (χ1v) is 13.7. The standard InChI is InChI=1S/C27H28Cl2N8O3/c1-4-21(38)36-7-9-37(10-8-36)25-16-5-6-30-26(40-24-17-12-31-34-19(17)11-18(28)22(24)29)23(16)32-27(33-25)39-20-14-35(3)13-15(20)2/h4-6,11-12,15,20H,1,7-10,13-14H2,2-3H3,(H,31,34)/t15-,20-/m1/s1. The van der Waals surface area contributed by atoms with E-state index in [-0.39, 0.29) is 28.9 Å². The number of pyridine rings is 1. The quantitative estimate of drug-likeness (QED) is 0.335. The van der Waals surface area contributed by atoms with Crippen molar-refractivity contribution in [1.29, 1.82) is 0 Å². The fraction of sp³-hybridized carbons (Fsp3) is 0.370. The zero-order chi connectivity index (χ0) is 28.0. The molecule has 2 fully saturated rings. The van der Waals surface area contributed by atoms with Crippen molar-refractivity contribution < 1.29 is 14.3 Å². The molecule has 0 saturated carbocycles. The normalized spacial score (nSPS) is 19.9. The molecule has 1 aromatic carbocycles. The zero-order valence-corrected chi connectivity index (χ0v) is 23.6. The van der Waals surface area contributed by atoms with Gasteiger partial charge in [-0.2, -0.15) is 15.1 Å². The molecule has 4 aromatic rings. The van der Waals surface area contributed by atoms with Crippen molar-refractivity contribution in [3.05, 3.63) is 47.2 Å². The highest BCUT2D eigenvalue weighted by Gasteiger charge is 2.31. The summed E-state index contributed by atoms with van der Waals surface area (Å²) < 4.78 is 12.7. The molecule has 6 rings (SSSR count). The maximum Gasteiger partial charge on any atom is 0.319 e. The van der Waals surface area contributed by atoms with Crippen molar-refractivity contribution in [3.63, 3.8) is 0 Å². The van der Waals surface area contributed by atoms with Crippen molar-refractivity contribution >= 4 is 56.7 Å². The Morgan fingerprint density at radius 1 is 1.18 bits per heavy atom. The van der Waals surface area contributed by atoms with Gasteiger partial charge in [0.05, 0.1) is 27.5 Å². The largest absolute Gasteiger partial charge is 0.458 e. The molecule has 1 amide bonds. The lowest BCUT2D eigenvalue weighted by atomic mass is 10.1. The Balaban J connectivity index is 1.43. The number of fused-ring (bicyclic) bond motifs is 2. The topological polar surface area (TPSA) is 113 Å². The van der Waals surface area contributed by atoms with Crippen LogP contribution >= 0.6 is 23.2 Å². The van der Waals surface area contributed by atoms with Crippen LogP contribution in [0.1, 0.15) is 6.92 Å². The highest BCUT2D eigenvalue weighted by molar-refractivity contribution is 6.44. The van der Waals surface area contributed by atoms with Gasteiger partial charge in [0.2, 0.25) is 11.8 Å². The molecule has 5 heterocycles. The minimum Gasteiger partial charge on any atom is -0.458 e. The third-order valence-electron chi connectivity index (χ3n) is 7.38. The molecule has 0 radical (unpaired) electrons. The van der Waals surface area contributed by atoms with Crippen LogP contribution in [0.5, 0.6) is 17.6 Å². The molecule has 1 N–H and O–H groups in total. The predicted octanol–water partition coefficient (Wildman–Crippen LogP) is 4.16. The van der Waals surface area contributed by atoms with Crippen LogP contribution < -0.4 is 14.4 Å². The van der Waals surface area contributed by atoms with Gasteiger partial charge in [-0.3, -0.25) is 9.89 Å². The van der Waals surface area contributed by atoms with Crippen LogP contribution in [0.15, 0.2) is 37.2 Å². The lowest BCUT2D eigenvalue weighted by Gasteiger charge is -2.35. The second-order valence-electron chi connectivity index (χ2n) is 10.1. The van der Waals surface area contributed by atoms with Gasteiger partial charge in [-0.25, -0.2) is 4.98 Å². The fourth-order valence-electron chi connectivity index (χ4n) is 5.29. The first-order chi connectivity index (χ1) is 19.3. The lowest BCUT2D eigenvalue weighted by Crippen LogP contribution is -2.48. The van der Waals surface area contributed by atoms with E-state index in [0.29, 0.717) is 65.1 Å². The number of likely N-dealkylation sites (tertiary alicyclic amines) is 1. The number of aromatic amines is 1. The molecular weight excluding hydrogens is 555 g/mol. The van der Waals surface area contributed by atoms with Crippen LogP contribution in [-0.4, -0.2) is 93.3 Å². The fourth-order valence-corrected chi connectivity index (χ4v) is 5.68. The van der Waals surface area contributed by atoms with Crippen molar-refractivity contribution in [2.24, 2.45) is 5.92 Å². The molecule has 2 atom stereocenters. The number of H-pyrrole nitrogens is 1. The van der Waals surface area contributed by atoms with Gasteiger partial charge in [0, 0.05) is 51.4 Å². The van der Waals surface area contributed by atoms with E-state index < -0.39 is 0 Å². The van der Waals surface area contributed by atoms with E-state index in [0.717, 1.165) is 18.5 Å². The number of hydrogen-bond acceptors (Lipinski definition) is 9. The van der Waals surface area contributed by atoms with Crippen LogP contribution in [0.25, 0.3) is 21.8 Å². The molecular formula is C27H28Cl2N8O3. The number of rotatable bonds is 6. The summed E-state index contributed by atoms with van der Waals surface area (Å²) in [7, 11) is 2.07. The number of anilines is 1. The summed E-state index contributed by atoms with van der Waals surface area (Å²) >= 11 is 13.0. The monoisotopic (exact) mass is 582 g/mol. The molecule has 2 saturated heterocycles. The number of halogens is 2. The van der Waals surface area contributed by atoms with E-state index in [2.05, 4.69) is 45.5 Å². The molecule has 11 nitrogen and oxygen atoms in total. The number of ether oxygens (including phenoxy) is 2. The van der Waals surface area contributed by atoms with Gasteiger partial charge in [-0.15, -0.1) is 0 Å². The maximum atomic E-state index is 12.2. The van der Waals surface area contributed by atoms with Crippen molar-refractivity contribution in [3.8, 4) is 17.6 Å². The third kappa shape index (κ3) is 4.89. The number of carbonyl (C=O) groups is 1. The van der Waals surface area contributed by atoms with Gasteiger partial charge in [0.1, 0.15) is 22.5 Å². The van der Waals surface area contributed by atoms with Gasteiger partial charge in [0.25, 0.3) is 0 Å². The summed E-state index contributed by atoms with van der Waals surface area (Å²) in [4.78, 5) is 32.4. The average Bonchev–Trinajstić information content (AvgIpc) is 3.55. The SMILES string of the molecule is C=CC(=O)N1CCN(c2nc(O[C@@H]3CN(C)C[C@H]3C)nc3c(Oc4c(Cl)c(Cl)cc5[nH]ncc45)nccc23)CC1. The Kier molecular flexibility index (Phi) is 7.11. The van der Waals surface area contributed by atoms with Crippen LogP contribution in [0.2, 0.25) is 10.0 Å². The number of nitrogens with zero attached hydrogens (tertiary/aromatic N) is 7. The van der Waals surface area contributed by atoms with E-state index in [1.807, 2.05) is 6.07 Å². The summed E-state index contributed by atoms with van der Waals surface area (Å²) in [5, 5.41) is 8.94. The summed E-state index contributed by atoms with van der Waals surface area (Å²) in [6.45, 7) is 9.71. The van der Waals surface area contributed by atoms with Gasteiger partial charge in [-0.1, -0.05) is 36.7 Å². The van der Waals surface area contributed by atoms with Gasteiger partial charge in [-0.05, 0) is 25.3 Å². The number of nitrogens with one attached hydrogen (secondary N) is 1. The van der Waals surface area contributed by atoms with Gasteiger partial charge >= 0.3 is 6.01 Å². The van der Waals surface area contributed by atoms with E-state index in [1.54, 1.807) is 23.4 Å². The van der Waals surface area contributed by atoms with Crippen LogP contribution in [0.3, 0.4) is 0 Å². The molecule has 2 aliphatic rings. The molecule has 0 spiro atoms. The number of likely N-dealkylation sites (N-methyl/N-ethyl adjacent to an activating group) is 1. The zero-order valence-electron chi connectivity index (χ0n) is 22.1. The van der Waals surface area contributed by atoms with Crippen LogP contribution in [-0.2, 0) is 4.79 Å². The molecule has 40 heavy (non-hydrogen) atoms. The van der Waals surface area contributed by atoms with E-state index >= 15 is 0 Å². The second kappa shape index (κ2) is 10.7. The van der Waals surface area contributed by atoms with Crippen LogP contribution in [0, 0.1) is 5.92 Å². The van der Waals surface area contributed by atoms with Crippen molar-refractivity contribution in [2.45, 2.75) is 13.0 Å². The minimum atomic E-state index is -0.0839. The van der Waals surface area contributed by atoms with E-state index in [1.165, 1.54) is 6.08 Å². The first-order valence-electron chi connectivity index (χ1n) is 13.0. The Morgan fingerprint density at radius 2 is 1.98 bits per heavy atom. The number of benzene rings is 1. The Labute approximate surface area is 240 Å². The number of hydrogen-bond donors (Lipinski definition) is 1. The smallest absolute Gasteiger partial charge is 0.319 e. The summed E-state index contributed by atoms with van der Waals surface area (Å²) in [6.07, 6.45) is 4.54. The second-order valence-corrected chi connectivity index (χ2v) is 10.9. The Bertz CT molecular complexity index is 1600. The van der Waals surface area contributed by atoms with Gasteiger partial charge in [0.15, 0.2) is 5.75 Å². The van der Waals surface area contributed by atoms with Crippen molar-refractivity contribution in [1.82, 2.24) is 34.9 Å². The van der Waals surface area contributed by atoms with Gasteiger partial charge < -0.3 is 24.2 Å². The maximum absolute atomic E-state index is 12.2. The van der Waals surface area contributed by atoms with E-state index in [9.17, 15) is 4.79 Å². The first kappa shape index (κ1) is 26.5. The summed E-state index contributed by atoms with van der Waals surface area (Å²) in [6, 6.07) is 3.78. The highest BCUT2D eigenvalue weighted by Crippen LogP contribution is 2.42. The minimum absolute atomic E-state index is 0.0636. The number of piperazine rings is 1. The third-order valence-corrected chi connectivity index (χ3v) is 8.15. The molecule has 2 aliphatic heterocycles. The molecule has 0 aliphatic carbocycles. The molecule has 208 valence electrons. The molecule has 0 bridgehead atoms. The number of carbonyl (C=O) groups excluding carboxylic acids is 1. The Morgan fingerprint density at radius 3 is 2.70 bits per heavy atom. The van der Waals surface area contributed by atoms with Crippen molar-refractivity contribution in [2.75, 3.05) is 51.2 Å². The number of amides is 1. The van der Waals surface area contributed by atoms with E-state index in [4.69, 9.17) is 42.6 Å². The Hall–Kier alpha value is -3.67. The molecule has 0 unspecified atom stereocenters. The summed E-state index contributed by atoms with van der Waals surface area (Å²) in [5.74, 6) is 1.46. The average molecular weight is 583 g/mol. The predicted molar refractivity (Wildman–Crippen MR) is 154 cm³/mol. The molecule has 13 heteroatoms. The molecule has 3 aromatic heterocycles.